The van der Waals surface area contributed by atoms with Crippen LogP contribution >= 0.6 is 0 Å². The van der Waals surface area contributed by atoms with Crippen LogP contribution in [0.3, 0.4) is 0 Å². The maximum absolute atomic E-state index is 11.8. The Morgan fingerprint density at radius 1 is 1.00 bits per heavy atom. The van der Waals surface area contributed by atoms with Crippen molar-refractivity contribution in [2.24, 2.45) is 0 Å². The number of aryl methyl sites for hydroxylation is 2. The number of aromatic nitrogens is 1. The fraction of sp³-hybridized carbons (Fsp3) is 0.286. The quantitative estimate of drug-likeness (QED) is 0.889. The Morgan fingerprint density at radius 3 is 2.05 bits per heavy atom. The predicted molar refractivity (Wildman–Crippen MR) is 80.2 cm³/mol. The van der Waals surface area contributed by atoms with Gasteiger partial charge in [0.05, 0.1) is 10.6 Å². The van der Waals surface area contributed by atoms with Crippen LogP contribution in [0, 0.1) is 13.8 Å². The summed E-state index contributed by atoms with van der Waals surface area (Å²) in [6, 6.07) is 10.7. The molecule has 0 saturated carbocycles. The lowest BCUT2D eigenvalue weighted by atomic mass is 10.3. The lowest BCUT2D eigenvalue weighted by Gasteiger charge is -2.13. The second kappa shape index (κ2) is 5.68. The van der Waals surface area contributed by atoms with Gasteiger partial charge in [-0.3, -0.25) is 10.1 Å². The lowest BCUT2D eigenvalue weighted by Crippen LogP contribution is -2.23. The highest BCUT2D eigenvalue weighted by molar-refractivity contribution is 7.89. The van der Waals surface area contributed by atoms with Crippen molar-refractivity contribution in [3.05, 3.63) is 47.8 Å². The molecule has 6 heteroatoms. The Kier molecular flexibility index (Phi) is 4.15. The van der Waals surface area contributed by atoms with E-state index in [0.717, 1.165) is 17.1 Å². The summed E-state index contributed by atoms with van der Waals surface area (Å²) in [5.41, 5.74) is 6.25. The van der Waals surface area contributed by atoms with E-state index in [4.69, 9.17) is 0 Å². The molecule has 0 fully saturated rings. The Morgan fingerprint density at radius 2 is 1.55 bits per heavy atom. The maximum Gasteiger partial charge on any atom is 0.240 e. The minimum Gasteiger partial charge on any atom is -0.294 e. The molecule has 0 amide bonds. The average molecular weight is 293 g/mol. The molecule has 0 aliphatic heterocycles. The molecular formula is C14H19N3O2S. The molecule has 0 spiro atoms. The minimum absolute atomic E-state index is 0.269. The summed E-state index contributed by atoms with van der Waals surface area (Å²) >= 11 is 0. The van der Waals surface area contributed by atoms with E-state index in [-0.39, 0.29) is 4.90 Å². The van der Waals surface area contributed by atoms with Crippen molar-refractivity contribution in [3.8, 4) is 0 Å². The van der Waals surface area contributed by atoms with Gasteiger partial charge in [-0.25, -0.2) is 13.1 Å². The third-order valence-corrected chi connectivity index (χ3v) is 4.57. The summed E-state index contributed by atoms with van der Waals surface area (Å²) in [4.78, 5) is 0.269. The highest BCUT2D eigenvalue weighted by Crippen LogP contribution is 2.15. The molecule has 1 aromatic heterocycles. The first kappa shape index (κ1) is 14.6. The summed E-state index contributed by atoms with van der Waals surface area (Å²) in [7, 11) is -3.39. The zero-order valence-corrected chi connectivity index (χ0v) is 12.7. The van der Waals surface area contributed by atoms with Crippen molar-refractivity contribution in [3.63, 3.8) is 0 Å². The first-order valence-corrected chi connectivity index (χ1v) is 7.94. The van der Waals surface area contributed by atoms with E-state index in [1.165, 1.54) is 0 Å². The van der Waals surface area contributed by atoms with Crippen LogP contribution in [0.4, 0.5) is 5.69 Å². The van der Waals surface area contributed by atoms with E-state index in [2.05, 4.69) is 10.1 Å². The molecule has 2 aromatic rings. The fourth-order valence-corrected chi connectivity index (χ4v) is 3.00. The Bertz CT molecular complexity index is 668. The van der Waals surface area contributed by atoms with Crippen LogP contribution in [0.15, 0.2) is 41.3 Å². The van der Waals surface area contributed by atoms with Crippen LogP contribution in [-0.2, 0) is 10.0 Å². The first-order chi connectivity index (χ1) is 9.44. The van der Waals surface area contributed by atoms with Crippen LogP contribution in [0.2, 0.25) is 0 Å². The van der Waals surface area contributed by atoms with Gasteiger partial charge in [0.15, 0.2) is 0 Å². The highest BCUT2D eigenvalue weighted by Gasteiger charge is 2.12. The Balaban J connectivity index is 2.21. The average Bonchev–Trinajstić information content (AvgIpc) is 2.71. The van der Waals surface area contributed by atoms with E-state index in [0.29, 0.717) is 6.54 Å². The monoisotopic (exact) mass is 293 g/mol. The first-order valence-electron chi connectivity index (χ1n) is 6.46. The zero-order valence-electron chi connectivity index (χ0n) is 11.8. The Labute approximate surface area is 119 Å². The number of hydrogen-bond acceptors (Lipinski definition) is 3. The van der Waals surface area contributed by atoms with Gasteiger partial charge in [-0.1, -0.05) is 6.92 Å². The SMILES string of the molecule is CCNS(=O)(=O)c1ccc(Nn2c(C)ccc2C)cc1. The van der Waals surface area contributed by atoms with Gasteiger partial charge in [0.25, 0.3) is 0 Å². The van der Waals surface area contributed by atoms with Crippen molar-refractivity contribution in [2.75, 3.05) is 12.0 Å². The molecule has 5 nitrogen and oxygen atoms in total. The van der Waals surface area contributed by atoms with Gasteiger partial charge in [0.1, 0.15) is 0 Å². The summed E-state index contributed by atoms with van der Waals surface area (Å²) in [5.74, 6) is 0. The molecule has 2 N–H and O–H groups in total. The molecule has 0 radical (unpaired) electrons. The van der Waals surface area contributed by atoms with Crippen LogP contribution < -0.4 is 10.1 Å². The molecule has 108 valence electrons. The number of nitrogens with one attached hydrogen (secondary N) is 2. The molecular weight excluding hydrogens is 274 g/mol. The number of hydrogen-bond donors (Lipinski definition) is 2. The highest BCUT2D eigenvalue weighted by atomic mass is 32.2. The van der Waals surface area contributed by atoms with Crippen molar-refractivity contribution >= 4 is 15.7 Å². The maximum atomic E-state index is 11.8. The van der Waals surface area contributed by atoms with Gasteiger partial charge in [-0.05, 0) is 50.2 Å². The van der Waals surface area contributed by atoms with E-state index in [1.807, 2.05) is 30.7 Å². The fourth-order valence-electron chi connectivity index (χ4n) is 1.96. The number of anilines is 1. The Hall–Kier alpha value is -1.79. The number of sulfonamides is 1. The smallest absolute Gasteiger partial charge is 0.240 e. The normalized spacial score (nSPS) is 11.6. The topological polar surface area (TPSA) is 63.1 Å². The van der Waals surface area contributed by atoms with Crippen LogP contribution in [0.1, 0.15) is 18.3 Å². The minimum atomic E-state index is -3.39. The molecule has 0 atom stereocenters. The molecule has 0 aliphatic carbocycles. The number of rotatable bonds is 5. The van der Waals surface area contributed by atoms with Crippen molar-refractivity contribution in [1.82, 2.24) is 9.40 Å². The van der Waals surface area contributed by atoms with Gasteiger partial charge < -0.3 is 0 Å². The van der Waals surface area contributed by atoms with E-state index < -0.39 is 10.0 Å². The molecule has 1 aromatic carbocycles. The number of nitrogens with zero attached hydrogens (tertiary/aromatic N) is 1. The van der Waals surface area contributed by atoms with Crippen molar-refractivity contribution < 1.29 is 8.42 Å². The molecule has 0 aliphatic rings. The van der Waals surface area contributed by atoms with E-state index >= 15 is 0 Å². The second-order valence-corrected chi connectivity index (χ2v) is 6.36. The molecule has 1 heterocycles. The van der Waals surface area contributed by atoms with Gasteiger partial charge in [0, 0.05) is 17.9 Å². The predicted octanol–water partition coefficient (Wildman–Crippen LogP) is 2.28. The second-order valence-electron chi connectivity index (χ2n) is 4.59. The summed E-state index contributed by atoms with van der Waals surface area (Å²) in [6.07, 6.45) is 0. The summed E-state index contributed by atoms with van der Waals surface area (Å²) < 4.78 is 28.1. The largest absolute Gasteiger partial charge is 0.294 e. The van der Waals surface area contributed by atoms with Gasteiger partial charge in [-0.15, -0.1) is 0 Å². The third kappa shape index (κ3) is 3.02. The van der Waals surface area contributed by atoms with Crippen LogP contribution in [0.25, 0.3) is 0 Å². The molecule has 0 bridgehead atoms. The molecule has 20 heavy (non-hydrogen) atoms. The van der Waals surface area contributed by atoms with Gasteiger partial charge in [0.2, 0.25) is 10.0 Å². The lowest BCUT2D eigenvalue weighted by molar-refractivity contribution is 0.584. The summed E-state index contributed by atoms with van der Waals surface area (Å²) in [5, 5.41) is 0. The van der Waals surface area contributed by atoms with Crippen LogP contribution in [-0.4, -0.2) is 19.6 Å². The molecule has 0 saturated heterocycles. The molecule has 0 unspecified atom stereocenters. The van der Waals surface area contributed by atoms with Gasteiger partial charge >= 0.3 is 0 Å². The standard InChI is InChI=1S/C14H19N3O2S/c1-4-15-20(18,19)14-9-7-13(8-10-14)16-17-11(2)5-6-12(17)3/h5-10,15-16H,4H2,1-3H3. The third-order valence-electron chi connectivity index (χ3n) is 3.01. The van der Waals surface area contributed by atoms with Crippen LogP contribution in [0.5, 0.6) is 0 Å². The summed E-state index contributed by atoms with van der Waals surface area (Å²) in [6.45, 7) is 6.14. The van der Waals surface area contributed by atoms with E-state index in [1.54, 1.807) is 31.2 Å². The van der Waals surface area contributed by atoms with Crippen molar-refractivity contribution in [1.29, 1.82) is 0 Å². The zero-order chi connectivity index (χ0) is 14.8. The van der Waals surface area contributed by atoms with Gasteiger partial charge in [-0.2, -0.15) is 0 Å². The molecule has 2 rings (SSSR count). The number of benzene rings is 1. The van der Waals surface area contributed by atoms with Crippen molar-refractivity contribution in [2.45, 2.75) is 25.7 Å². The van der Waals surface area contributed by atoms with E-state index in [9.17, 15) is 8.42 Å².